The van der Waals surface area contributed by atoms with Crippen molar-refractivity contribution in [3.05, 3.63) is 183 Å². The third kappa shape index (κ3) is 5.28. The summed E-state index contributed by atoms with van der Waals surface area (Å²) >= 11 is 3.93. The number of nitrogens with zero attached hydrogens (tertiary/aromatic N) is 1. The van der Waals surface area contributed by atoms with Crippen LogP contribution in [-0.2, 0) is 12.8 Å². The van der Waals surface area contributed by atoms with E-state index in [1.54, 1.807) is 0 Å². The molecular weight excluding hydrogens is 703 g/mol. The van der Waals surface area contributed by atoms with E-state index >= 15 is 0 Å². The van der Waals surface area contributed by atoms with Crippen LogP contribution in [0.15, 0.2) is 145 Å². The average Bonchev–Trinajstić information content (AvgIpc) is 3.76. The van der Waals surface area contributed by atoms with Crippen molar-refractivity contribution in [1.82, 2.24) is 0 Å². The number of thiophene rings is 2. The lowest BCUT2D eigenvalue weighted by Gasteiger charge is -2.17. The van der Waals surface area contributed by atoms with Gasteiger partial charge < -0.3 is 0 Å². The maximum Gasteiger partial charge on any atom is 0.0681 e. The lowest BCUT2D eigenvalue weighted by molar-refractivity contribution is 0.988. The number of benzene rings is 6. The van der Waals surface area contributed by atoms with E-state index in [4.69, 9.17) is 11.6 Å². The number of hydrogen-bond acceptors (Lipinski definition) is 3. The minimum Gasteiger partial charge on any atom is -0.252 e. The first-order valence-electron chi connectivity index (χ1n) is 19.5. The molecule has 0 saturated heterocycles. The highest BCUT2D eigenvalue weighted by Gasteiger charge is 2.26. The highest BCUT2D eigenvalue weighted by Crippen LogP contribution is 2.48. The lowest BCUT2D eigenvalue weighted by Crippen LogP contribution is -2.05. The van der Waals surface area contributed by atoms with E-state index in [0.29, 0.717) is 6.42 Å². The number of aryl methyl sites for hydroxylation is 3. The van der Waals surface area contributed by atoms with Crippen molar-refractivity contribution in [3.63, 3.8) is 0 Å². The fourth-order valence-electron chi connectivity index (χ4n) is 9.39. The second-order valence-corrected chi connectivity index (χ2v) is 17.4. The Balaban J connectivity index is 1.05. The van der Waals surface area contributed by atoms with Gasteiger partial charge in [-0.1, -0.05) is 140 Å². The molecule has 0 bridgehead atoms. The molecular formula is C52H39NS2. The summed E-state index contributed by atoms with van der Waals surface area (Å²) in [6.07, 6.45) is 16.9. The third-order valence-corrected chi connectivity index (χ3v) is 14.6. The molecule has 0 spiro atoms. The van der Waals surface area contributed by atoms with Gasteiger partial charge in [0.2, 0.25) is 0 Å². The van der Waals surface area contributed by atoms with Crippen molar-refractivity contribution in [2.75, 3.05) is 0 Å². The normalized spacial score (nSPS) is 16.7. The van der Waals surface area contributed by atoms with E-state index in [2.05, 4.69) is 146 Å². The van der Waals surface area contributed by atoms with Crippen LogP contribution < -0.4 is 0 Å². The van der Waals surface area contributed by atoms with Gasteiger partial charge in [-0.3, -0.25) is 4.99 Å². The summed E-state index contributed by atoms with van der Waals surface area (Å²) < 4.78 is 2.79. The molecule has 0 fully saturated rings. The summed E-state index contributed by atoms with van der Waals surface area (Å²) in [5.74, 6) is 0.0368. The summed E-state index contributed by atoms with van der Waals surface area (Å²) in [7, 11) is 0. The molecule has 6 aromatic carbocycles. The first-order valence-corrected chi connectivity index (χ1v) is 21.1. The van der Waals surface area contributed by atoms with E-state index in [1.807, 2.05) is 22.7 Å². The van der Waals surface area contributed by atoms with E-state index in [0.717, 1.165) is 48.2 Å². The Morgan fingerprint density at radius 1 is 0.673 bits per heavy atom. The van der Waals surface area contributed by atoms with Gasteiger partial charge in [-0.05, 0) is 99.7 Å². The zero-order valence-corrected chi connectivity index (χ0v) is 32.5. The van der Waals surface area contributed by atoms with Gasteiger partial charge in [-0.25, -0.2) is 0 Å². The molecule has 264 valence electrons. The number of hydrogen-bond donors (Lipinski definition) is 0. The van der Waals surface area contributed by atoms with Gasteiger partial charge in [-0.15, -0.1) is 22.7 Å². The predicted molar refractivity (Wildman–Crippen MR) is 241 cm³/mol. The number of rotatable bonds is 4. The number of fused-ring (bicyclic) bond motifs is 9. The van der Waals surface area contributed by atoms with Crippen LogP contribution in [0.1, 0.15) is 68.3 Å². The predicted octanol–water partition coefficient (Wildman–Crippen LogP) is 14.9. The Morgan fingerprint density at radius 3 is 2.29 bits per heavy atom. The molecule has 1 atom stereocenters. The molecule has 8 aromatic rings. The van der Waals surface area contributed by atoms with Gasteiger partial charge in [0.1, 0.15) is 0 Å². The SMILES string of the molecule is C=C1CC(c2ccc(-c3c(C)c4ccccc4c4c5c(sc34)C=CCC5)cc2)=NC(c2cccc3ccccc23)=CC1c1cccc2c3c(sc12)CCC=C3. The van der Waals surface area contributed by atoms with Gasteiger partial charge >= 0.3 is 0 Å². The Labute approximate surface area is 330 Å². The molecule has 1 nitrogen and oxygen atoms in total. The zero-order chi connectivity index (χ0) is 36.6. The molecule has 0 N–H and O–H groups in total. The van der Waals surface area contributed by atoms with Crippen molar-refractivity contribution in [2.24, 2.45) is 4.99 Å². The molecule has 2 aliphatic carbocycles. The molecule has 1 aliphatic heterocycles. The maximum absolute atomic E-state index is 5.60. The molecule has 55 heavy (non-hydrogen) atoms. The number of allylic oxidation sites excluding steroid dienone is 4. The first-order chi connectivity index (χ1) is 27.1. The second-order valence-electron chi connectivity index (χ2n) is 15.3. The monoisotopic (exact) mass is 741 g/mol. The van der Waals surface area contributed by atoms with E-state index in [-0.39, 0.29) is 5.92 Å². The van der Waals surface area contributed by atoms with Crippen molar-refractivity contribution in [3.8, 4) is 11.1 Å². The standard InChI is InChI=1S/C52H39NS2/c1-31-29-45(34-25-27-35(28-26-34)49-32(2)36-15-5-6-18-40(36)50-43-19-8-10-24-48(43)55-52(49)50)53-46(38-20-11-14-33-13-3-4-16-37(33)38)30-44(31)42-22-12-21-41-39-17-7-9-23-47(39)54-51(41)42/h3-7,10-18,20-22,24-28,30,44H,1,8-9,19,23,29H2,2H3. The second kappa shape index (κ2) is 13.0. The molecule has 3 heteroatoms. The molecule has 11 rings (SSSR count). The van der Waals surface area contributed by atoms with Crippen LogP contribution in [-0.4, -0.2) is 5.71 Å². The van der Waals surface area contributed by atoms with Crippen molar-refractivity contribution < 1.29 is 0 Å². The van der Waals surface area contributed by atoms with Crippen LogP contribution in [0.3, 0.4) is 0 Å². The quantitative estimate of drug-likeness (QED) is 0.159. The topological polar surface area (TPSA) is 12.4 Å². The lowest BCUT2D eigenvalue weighted by atomic mass is 9.86. The Hall–Kier alpha value is -5.61. The molecule has 3 heterocycles. The molecule has 0 radical (unpaired) electrons. The summed E-state index contributed by atoms with van der Waals surface area (Å²) in [4.78, 5) is 8.51. The molecule has 2 aromatic heterocycles. The van der Waals surface area contributed by atoms with Crippen molar-refractivity contribution in [1.29, 1.82) is 0 Å². The molecule has 0 amide bonds. The minimum atomic E-state index is 0.0368. The zero-order valence-electron chi connectivity index (χ0n) is 30.9. The summed E-state index contributed by atoms with van der Waals surface area (Å²) in [6.45, 7) is 7.13. The Morgan fingerprint density at radius 2 is 1.40 bits per heavy atom. The van der Waals surface area contributed by atoms with Crippen LogP contribution in [0.5, 0.6) is 0 Å². The van der Waals surface area contributed by atoms with Crippen molar-refractivity contribution >= 4 is 88.0 Å². The first kappa shape index (κ1) is 32.8. The highest BCUT2D eigenvalue weighted by molar-refractivity contribution is 7.21. The van der Waals surface area contributed by atoms with Gasteiger partial charge in [0.25, 0.3) is 0 Å². The van der Waals surface area contributed by atoms with E-state index in [9.17, 15) is 0 Å². The maximum atomic E-state index is 5.60. The van der Waals surface area contributed by atoms with Crippen molar-refractivity contribution in [2.45, 2.75) is 44.9 Å². The highest BCUT2D eigenvalue weighted by atomic mass is 32.1. The average molecular weight is 742 g/mol. The van der Waals surface area contributed by atoms with E-state index in [1.165, 1.54) is 90.4 Å². The third-order valence-electron chi connectivity index (χ3n) is 12.1. The molecule has 0 saturated carbocycles. The Bertz CT molecular complexity index is 3030. The summed E-state index contributed by atoms with van der Waals surface area (Å²) in [5.41, 5.74) is 13.8. The van der Waals surface area contributed by atoms with Gasteiger partial charge in [-0.2, -0.15) is 0 Å². The smallest absolute Gasteiger partial charge is 0.0681 e. The number of aliphatic imine (C=N–C) groups is 1. The van der Waals surface area contributed by atoms with Crippen LogP contribution >= 0.6 is 22.7 Å². The van der Waals surface area contributed by atoms with Crippen LogP contribution in [0, 0.1) is 6.92 Å². The fraction of sp³-hybridized carbons (Fsp3) is 0.135. The molecule has 3 aliphatic rings. The van der Waals surface area contributed by atoms with Gasteiger partial charge in [0.05, 0.1) is 11.4 Å². The van der Waals surface area contributed by atoms with Crippen LogP contribution in [0.2, 0.25) is 0 Å². The summed E-state index contributed by atoms with van der Waals surface area (Å²) in [6, 6.07) is 40.4. The Kier molecular flexibility index (Phi) is 7.76. The van der Waals surface area contributed by atoms with Gasteiger partial charge in [0.15, 0.2) is 0 Å². The minimum absolute atomic E-state index is 0.0368. The van der Waals surface area contributed by atoms with Crippen LogP contribution in [0.4, 0.5) is 0 Å². The fourth-order valence-corrected chi connectivity index (χ4v) is 12.2. The van der Waals surface area contributed by atoms with Gasteiger partial charge in [0, 0.05) is 53.4 Å². The van der Waals surface area contributed by atoms with E-state index < -0.39 is 0 Å². The largest absolute Gasteiger partial charge is 0.252 e. The molecule has 1 unspecified atom stereocenters. The summed E-state index contributed by atoms with van der Waals surface area (Å²) in [5, 5.41) is 7.99. The van der Waals surface area contributed by atoms with Crippen LogP contribution in [0.25, 0.3) is 70.7 Å².